The fraction of sp³-hybridized carbons (Fsp3) is 0.917. The first-order valence-electron chi connectivity index (χ1n) is 6.34. The van der Waals surface area contributed by atoms with Crippen LogP contribution in [-0.2, 0) is 9.53 Å². The number of ether oxygens (including phenoxy) is 1. The molecule has 1 saturated heterocycles. The Balaban J connectivity index is 2.03. The summed E-state index contributed by atoms with van der Waals surface area (Å²) >= 11 is 0. The molecule has 0 spiro atoms. The molecule has 2 N–H and O–H groups in total. The van der Waals surface area contributed by atoms with Crippen LogP contribution in [0, 0.1) is 0 Å². The minimum absolute atomic E-state index is 0.100. The Bertz CT molecular complexity index is 203. The van der Waals surface area contributed by atoms with Gasteiger partial charge in [-0.1, -0.05) is 6.92 Å². The molecule has 94 valence electrons. The molecular weight excluding hydrogens is 204 g/mol. The Morgan fingerprint density at radius 2 is 2.19 bits per heavy atom. The summed E-state index contributed by atoms with van der Waals surface area (Å²) in [5.74, 6) is 0.100. The quantitative estimate of drug-likeness (QED) is 0.714. The van der Waals surface area contributed by atoms with E-state index < -0.39 is 0 Å². The number of rotatable bonds is 6. The maximum absolute atomic E-state index is 11.5. The van der Waals surface area contributed by atoms with Gasteiger partial charge in [-0.25, -0.2) is 0 Å². The summed E-state index contributed by atoms with van der Waals surface area (Å²) in [4.78, 5) is 11.5. The highest BCUT2D eigenvalue weighted by molar-refractivity contribution is 5.76. The largest absolute Gasteiger partial charge is 0.378 e. The minimum Gasteiger partial charge on any atom is -0.378 e. The molecule has 0 aromatic heterocycles. The first kappa shape index (κ1) is 13.5. The Morgan fingerprint density at radius 1 is 1.50 bits per heavy atom. The topological polar surface area (TPSA) is 50.4 Å². The van der Waals surface area contributed by atoms with E-state index in [9.17, 15) is 4.79 Å². The maximum Gasteiger partial charge on any atom is 0.222 e. The van der Waals surface area contributed by atoms with Gasteiger partial charge in [0.1, 0.15) is 0 Å². The highest BCUT2D eigenvalue weighted by Gasteiger charge is 2.13. The van der Waals surface area contributed by atoms with Crippen LogP contribution < -0.4 is 10.6 Å². The number of amides is 1. The van der Waals surface area contributed by atoms with Crippen LogP contribution in [0.3, 0.4) is 0 Å². The number of nitrogens with one attached hydrogen (secondary N) is 2. The van der Waals surface area contributed by atoms with Crippen molar-refractivity contribution in [2.24, 2.45) is 0 Å². The second-order valence-electron chi connectivity index (χ2n) is 4.45. The van der Waals surface area contributed by atoms with Crippen molar-refractivity contribution in [3.63, 3.8) is 0 Å². The Labute approximate surface area is 98.1 Å². The predicted molar refractivity (Wildman–Crippen MR) is 64.4 cm³/mol. The van der Waals surface area contributed by atoms with Gasteiger partial charge >= 0.3 is 0 Å². The van der Waals surface area contributed by atoms with Gasteiger partial charge in [-0.15, -0.1) is 0 Å². The van der Waals surface area contributed by atoms with Crippen molar-refractivity contribution in [3.8, 4) is 0 Å². The van der Waals surface area contributed by atoms with E-state index in [2.05, 4.69) is 17.6 Å². The average molecular weight is 228 g/mol. The van der Waals surface area contributed by atoms with E-state index >= 15 is 0 Å². The van der Waals surface area contributed by atoms with Crippen LogP contribution in [0.2, 0.25) is 0 Å². The molecule has 0 aliphatic carbocycles. The lowest BCUT2D eigenvalue weighted by atomic mass is 10.1. The molecule has 1 unspecified atom stereocenters. The van der Waals surface area contributed by atoms with E-state index in [1.54, 1.807) is 0 Å². The van der Waals surface area contributed by atoms with Crippen molar-refractivity contribution in [2.45, 2.75) is 51.7 Å². The van der Waals surface area contributed by atoms with Crippen molar-refractivity contribution < 1.29 is 9.53 Å². The van der Waals surface area contributed by atoms with Gasteiger partial charge in [0.15, 0.2) is 0 Å². The molecule has 16 heavy (non-hydrogen) atoms. The van der Waals surface area contributed by atoms with Crippen LogP contribution in [0.15, 0.2) is 0 Å². The highest BCUT2D eigenvalue weighted by Crippen LogP contribution is 2.07. The fourth-order valence-corrected chi connectivity index (χ4v) is 1.73. The molecule has 4 heteroatoms. The van der Waals surface area contributed by atoms with E-state index in [4.69, 9.17) is 4.74 Å². The molecule has 0 radical (unpaired) electrons. The zero-order valence-electron chi connectivity index (χ0n) is 10.4. The summed E-state index contributed by atoms with van der Waals surface area (Å²) < 4.78 is 5.67. The lowest BCUT2D eigenvalue weighted by Gasteiger charge is -2.22. The number of piperidine rings is 1. The lowest BCUT2D eigenvalue weighted by Crippen LogP contribution is -2.35. The number of hydrogen-bond donors (Lipinski definition) is 2. The van der Waals surface area contributed by atoms with E-state index in [0.29, 0.717) is 19.1 Å². The Morgan fingerprint density at radius 3 is 2.81 bits per heavy atom. The second kappa shape index (κ2) is 7.63. The molecule has 4 nitrogen and oxygen atoms in total. The van der Waals surface area contributed by atoms with Gasteiger partial charge in [0.2, 0.25) is 5.91 Å². The molecule has 1 amide bonds. The third-order valence-corrected chi connectivity index (χ3v) is 2.99. The second-order valence-corrected chi connectivity index (χ2v) is 4.45. The van der Waals surface area contributed by atoms with Gasteiger partial charge in [-0.05, 0) is 39.3 Å². The lowest BCUT2D eigenvalue weighted by molar-refractivity contribution is -0.123. The minimum atomic E-state index is 0.100. The van der Waals surface area contributed by atoms with Gasteiger partial charge < -0.3 is 15.4 Å². The maximum atomic E-state index is 11.5. The normalized spacial score (nSPS) is 19.4. The molecule has 1 aliphatic rings. The zero-order chi connectivity index (χ0) is 11.8. The first-order chi connectivity index (χ1) is 7.72. The Kier molecular flexibility index (Phi) is 6.42. The van der Waals surface area contributed by atoms with E-state index in [-0.39, 0.29) is 11.9 Å². The molecular formula is C12H24N2O2. The monoisotopic (exact) mass is 228 g/mol. The third kappa shape index (κ3) is 5.47. The first-order valence-corrected chi connectivity index (χ1v) is 6.34. The van der Waals surface area contributed by atoms with Gasteiger partial charge in [0.25, 0.3) is 0 Å². The van der Waals surface area contributed by atoms with Crippen molar-refractivity contribution >= 4 is 5.91 Å². The molecule has 0 saturated carbocycles. The summed E-state index contributed by atoms with van der Waals surface area (Å²) in [6, 6.07) is 0.270. The van der Waals surface area contributed by atoms with E-state index in [1.165, 1.54) is 0 Å². The SMILES string of the molecule is CCC(C)NC(=O)CCOC1CCNCC1. The standard InChI is InChI=1S/C12H24N2O2/c1-3-10(2)14-12(15)6-9-16-11-4-7-13-8-5-11/h10-11,13H,3-9H2,1-2H3,(H,14,15). The molecule has 0 aromatic rings. The number of carbonyl (C=O) groups is 1. The smallest absolute Gasteiger partial charge is 0.222 e. The van der Waals surface area contributed by atoms with Crippen LogP contribution >= 0.6 is 0 Å². The molecule has 1 fully saturated rings. The highest BCUT2D eigenvalue weighted by atomic mass is 16.5. The van der Waals surface area contributed by atoms with Crippen molar-refractivity contribution in [1.82, 2.24) is 10.6 Å². The summed E-state index contributed by atoms with van der Waals surface area (Å²) in [6.45, 7) is 6.70. The van der Waals surface area contributed by atoms with Gasteiger partial charge in [-0.2, -0.15) is 0 Å². The molecule has 1 atom stereocenters. The van der Waals surface area contributed by atoms with E-state index in [0.717, 1.165) is 32.4 Å². The number of hydrogen-bond acceptors (Lipinski definition) is 3. The van der Waals surface area contributed by atoms with Crippen molar-refractivity contribution in [2.75, 3.05) is 19.7 Å². The van der Waals surface area contributed by atoms with Crippen LogP contribution in [0.4, 0.5) is 0 Å². The fourth-order valence-electron chi connectivity index (χ4n) is 1.73. The van der Waals surface area contributed by atoms with E-state index in [1.807, 2.05) is 6.92 Å². The van der Waals surface area contributed by atoms with Crippen molar-refractivity contribution in [3.05, 3.63) is 0 Å². The van der Waals surface area contributed by atoms with Crippen molar-refractivity contribution in [1.29, 1.82) is 0 Å². The van der Waals surface area contributed by atoms with Gasteiger partial charge in [-0.3, -0.25) is 4.79 Å². The summed E-state index contributed by atoms with van der Waals surface area (Å²) in [5.41, 5.74) is 0. The van der Waals surface area contributed by atoms with Crippen LogP contribution in [-0.4, -0.2) is 37.7 Å². The predicted octanol–water partition coefficient (Wildman–Crippen LogP) is 1.06. The van der Waals surface area contributed by atoms with Crippen LogP contribution in [0.5, 0.6) is 0 Å². The van der Waals surface area contributed by atoms with Crippen LogP contribution in [0.1, 0.15) is 39.5 Å². The molecule has 0 aromatic carbocycles. The summed E-state index contributed by atoms with van der Waals surface area (Å²) in [5, 5.41) is 6.22. The van der Waals surface area contributed by atoms with Gasteiger partial charge in [0.05, 0.1) is 12.7 Å². The average Bonchev–Trinajstić information content (AvgIpc) is 2.30. The molecule has 1 heterocycles. The molecule has 0 bridgehead atoms. The summed E-state index contributed by atoms with van der Waals surface area (Å²) in [7, 11) is 0. The van der Waals surface area contributed by atoms with Gasteiger partial charge in [0, 0.05) is 12.5 Å². The molecule has 1 rings (SSSR count). The Hall–Kier alpha value is -0.610. The third-order valence-electron chi connectivity index (χ3n) is 2.99. The summed E-state index contributed by atoms with van der Waals surface area (Å²) in [6.07, 6.45) is 3.92. The molecule has 1 aliphatic heterocycles. The van der Waals surface area contributed by atoms with Crippen LogP contribution in [0.25, 0.3) is 0 Å². The zero-order valence-corrected chi connectivity index (χ0v) is 10.4. The number of carbonyl (C=O) groups excluding carboxylic acids is 1.